The number of anilines is 2. The number of rotatable bonds is 6. The SMILES string of the molecule is Fc1cc(F)cc(CNc2cc(-c3ccccc3)nc(NC3CCCCC3)n2)c1. The van der Waals surface area contributed by atoms with E-state index in [4.69, 9.17) is 4.98 Å². The van der Waals surface area contributed by atoms with Crippen LogP contribution in [0.25, 0.3) is 11.3 Å². The van der Waals surface area contributed by atoms with Gasteiger partial charge in [-0.25, -0.2) is 13.8 Å². The Morgan fingerprint density at radius 3 is 2.31 bits per heavy atom. The molecule has 3 aromatic rings. The summed E-state index contributed by atoms with van der Waals surface area (Å²) in [6.07, 6.45) is 5.94. The van der Waals surface area contributed by atoms with E-state index < -0.39 is 11.6 Å². The van der Waals surface area contributed by atoms with Crippen molar-refractivity contribution < 1.29 is 8.78 Å². The summed E-state index contributed by atoms with van der Waals surface area (Å²) in [6, 6.07) is 15.6. The molecule has 0 atom stereocenters. The lowest BCUT2D eigenvalue weighted by Crippen LogP contribution is -2.23. The van der Waals surface area contributed by atoms with Crippen LogP contribution < -0.4 is 10.6 Å². The molecule has 1 fully saturated rings. The zero-order valence-corrected chi connectivity index (χ0v) is 16.2. The van der Waals surface area contributed by atoms with Crippen molar-refractivity contribution in [1.82, 2.24) is 9.97 Å². The number of nitrogens with zero attached hydrogens (tertiary/aromatic N) is 2. The van der Waals surface area contributed by atoms with Gasteiger partial charge < -0.3 is 10.6 Å². The molecule has 2 aromatic carbocycles. The van der Waals surface area contributed by atoms with Crippen LogP contribution in [0.15, 0.2) is 54.6 Å². The van der Waals surface area contributed by atoms with E-state index in [1.165, 1.54) is 31.4 Å². The normalized spacial score (nSPS) is 14.6. The van der Waals surface area contributed by atoms with E-state index in [9.17, 15) is 8.78 Å². The average molecular weight is 394 g/mol. The quantitative estimate of drug-likeness (QED) is 0.557. The Labute approximate surface area is 169 Å². The van der Waals surface area contributed by atoms with Gasteiger partial charge in [0.25, 0.3) is 0 Å². The van der Waals surface area contributed by atoms with Crippen molar-refractivity contribution in [2.45, 2.75) is 44.7 Å². The lowest BCUT2D eigenvalue weighted by Gasteiger charge is -2.23. The second kappa shape index (κ2) is 8.99. The second-order valence-corrected chi connectivity index (χ2v) is 7.44. The number of nitrogens with one attached hydrogen (secondary N) is 2. The van der Waals surface area contributed by atoms with Crippen LogP contribution >= 0.6 is 0 Å². The Kier molecular flexibility index (Phi) is 5.98. The van der Waals surface area contributed by atoms with E-state index in [0.717, 1.165) is 30.2 Å². The first-order valence-electron chi connectivity index (χ1n) is 10.1. The fourth-order valence-electron chi connectivity index (χ4n) is 3.69. The topological polar surface area (TPSA) is 49.8 Å². The molecule has 0 saturated heterocycles. The molecule has 4 nitrogen and oxygen atoms in total. The first kappa shape index (κ1) is 19.3. The first-order chi connectivity index (χ1) is 14.2. The van der Waals surface area contributed by atoms with Gasteiger partial charge in [0.2, 0.25) is 5.95 Å². The minimum atomic E-state index is -0.589. The van der Waals surface area contributed by atoms with Crippen molar-refractivity contribution >= 4 is 11.8 Å². The highest BCUT2D eigenvalue weighted by atomic mass is 19.1. The van der Waals surface area contributed by atoms with Crippen molar-refractivity contribution in [3.63, 3.8) is 0 Å². The van der Waals surface area contributed by atoms with Crippen LogP contribution in [0.1, 0.15) is 37.7 Å². The van der Waals surface area contributed by atoms with E-state index in [1.807, 2.05) is 36.4 Å². The summed E-state index contributed by atoms with van der Waals surface area (Å²) in [6.45, 7) is 0.267. The van der Waals surface area contributed by atoms with Gasteiger partial charge in [-0.15, -0.1) is 0 Å². The number of benzene rings is 2. The monoisotopic (exact) mass is 394 g/mol. The molecule has 2 N–H and O–H groups in total. The largest absolute Gasteiger partial charge is 0.366 e. The average Bonchev–Trinajstić information content (AvgIpc) is 2.73. The lowest BCUT2D eigenvalue weighted by atomic mass is 9.96. The summed E-state index contributed by atoms with van der Waals surface area (Å²) in [5, 5.41) is 6.64. The first-order valence-corrected chi connectivity index (χ1v) is 10.1. The molecule has 0 radical (unpaired) electrons. The number of aromatic nitrogens is 2. The van der Waals surface area contributed by atoms with Gasteiger partial charge >= 0.3 is 0 Å². The van der Waals surface area contributed by atoms with Crippen molar-refractivity contribution in [2.24, 2.45) is 0 Å². The van der Waals surface area contributed by atoms with E-state index in [2.05, 4.69) is 15.6 Å². The number of hydrogen-bond acceptors (Lipinski definition) is 4. The predicted octanol–water partition coefficient (Wildman–Crippen LogP) is 5.78. The third-order valence-corrected chi connectivity index (χ3v) is 5.13. The van der Waals surface area contributed by atoms with Crippen LogP contribution in [0.2, 0.25) is 0 Å². The smallest absolute Gasteiger partial charge is 0.225 e. The second-order valence-electron chi connectivity index (χ2n) is 7.44. The summed E-state index contributed by atoms with van der Waals surface area (Å²) < 4.78 is 26.9. The highest BCUT2D eigenvalue weighted by Crippen LogP contribution is 2.25. The van der Waals surface area contributed by atoms with E-state index >= 15 is 0 Å². The van der Waals surface area contributed by atoms with Crippen molar-refractivity contribution in [2.75, 3.05) is 10.6 Å². The molecule has 1 heterocycles. The Bertz CT molecular complexity index is 936. The molecular formula is C23H24F2N4. The standard InChI is InChI=1S/C23H24F2N4/c24-18-11-16(12-19(25)13-18)15-26-22-14-21(17-7-3-1-4-8-17)28-23(29-22)27-20-9-5-2-6-10-20/h1,3-4,7-8,11-14,20H,2,5-6,9-10,15H2,(H2,26,27,28,29). The zero-order chi connectivity index (χ0) is 20.1. The Balaban J connectivity index is 1.58. The Morgan fingerprint density at radius 1 is 0.862 bits per heavy atom. The van der Waals surface area contributed by atoms with Gasteiger partial charge in [-0.05, 0) is 30.5 Å². The van der Waals surface area contributed by atoms with Crippen LogP contribution in [0, 0.1) is 11.6 Å². The van der Waals surface area contributed by atoms with Gasteiger partial charge in [-0.3, -0.25) is 0 Å². The minimum absolute atomic E-state index is 0.267. The third-order valence-electron chi connectivity index (χ3n) is 5.13. The maximum atomic E-state index is 13.5. The molecule has 0 aliphatic heterocycles. The van der Waals surface area contributed by atoms with E-state index in [0.29, 0.717) is 23.4 Å². The maximum absolute atomic E-state index is 13.5. The summed E-state index contributed by atoms with van der Waals surface area (Å²) >= 11 is 0. The minimum Gasteiger partial charge on any atom is -0.366 e. The highest BCUT2D eigenvalue weighted by Gasteiger charge is 2.15. The molecule has 4 rings (SSSR count). The molecule has 0 unspecified atom stereocenters. The molecule has 0 bridgehead atoms. The van der Waals surface area contributed by atoms with Gasteiger partial charge in [-0.2, -0.15) is 4.98 Å². The van der Waals surface area contributed by atoms with E-state index in [1.54, 1.807) is 0 Å². The molecule has 0 spiro atoms. The van der Waals surface area contributed by atoms with Gasteiger partial charge in [0.1, 0.15) is 17.5 Å². The Hall–Kier alpha value is -3.02. The maximum Gasteiger partial charge on any atom is 0.225 e. The summed E-state index contributed by atoms with van der Waals surface area (Å²) in [5.41, 5.74) is 2.30. The number of halogens is 2. The Morgan fingerprint density at radius 2 is 1.59 bits per heavy atom. The fraction of sp³-hybridized carbons (Fsp3) is 0.304. The van der Waals surface area contributed by atoms with Crippen LogP contribution in [-0.4, -0.2) is 16.0 Å². The molecule has 1 aromatic heterocycles. The molecule has 1 saturated carbocycles. The van der Waals surface area contributed by atoms with Crippen LogP contribution in [-0.2, 0) is 6.54 Å². The lowest BCUT2D eigenvalue weighted by molar-refractivity contribution is 0.461. The van der Waals surface area contributed by atoms with E-state index in [-0.39, 0.29) is 6.54 Å². The van der Waals surface area contributed by atoms with Gasteiger partial charge in [0, 0.05) is 30.3 Å². The van der Waals surface area contributed by atoms with Gasteiger partial charge in [-0.1, -0.05) is 49.6 Å². The summed E-state index contributed by atoms with van der Waals surface area (Å²) in [7, 11) is 0. The molecule has 29 heavy (non-hydrogen) atoms. The summed E-state index contributed by atoms with van der Waals surface area (Å²) in [4.78, 5) is 9.29. The highest BCUT2D eigenvalue weighted by molar-refractivity contribution is 5.64. The molecule has 0 amide bonds. The van der Waals surface area contributed by atoms with Crippen molar-refractivity contribution in [3.05, 3.63) is 71.8 Å². The number of hydrogen-bond donors (Lipinski definition) is 2. The van der Waals surface area contributed by atoms with Crippen LogP contribution in [0.5, 0.6) is 0 Å². The predicted molar refractivity (Wildman–Crippen MR) is 112 cm³/mol. The van der Waals surface area contributed by atoms with Crippen LogP contribution in [0.3, 0.4) is 0 Å². The van der Waals surface area contributed by atoms with Crippen molar-refractivity contribution in [3.8, 4) is 11.3 Å². The third kappa shape index (κ3) is 5.28. The van der Waals surface area contributed by atoms with Gasteiger partial charge in [0.05, 0.1) is 5.69 Å². The van der Waals surface area contributed by atoms with Crippen LogP contribution in [0.4, 0.5) is 20.5 Å². The van der Waals surface area contributed by atoms with Crippen molar-refractivity contribution in [1.29, 1.82) is 0 Å². The molecule has 1 aliphatic rings. The van der Waals surface area contributed by atoms with Gasteiger partial charge in [0.15, 0.2) is 0 Å². The zero-order valence-electron chi connectivity index (χ0n) is 16.2. The molecular weight excluding hydrogens is 370 g/mol. The fourth-order valence-corrected chi connectivity index (χ4v) is 3.69. The molecule has 150 valence electrons. The molecule has 1 aliphatic carbocycles. The molecule has 6 heteroatoms. The summed E-state index contributed by atoms with van der Waals surface area (Å²) in [5.74, 6) is 0.0104.